The van der Waals surface area contributed by atoms with Gasteiger partial charge in [0.05, 0.1) is 0 Å². The smallest absolute Gasteiger partial charge is 0.139 e. The van der Waals surface area contributed by atoms with Crippen LogP contribution in [0.25, 0.3) is 11.0 Å². The van der Waals surface area contributed by atoms with Crippen molar-refractivity contribution >= 4 is 11.0 Å². The Kier molecular flexibility index (Phi) is 5.29. The van der Waals surface area contributed by atoms with Crippen LogP contribution in [-0.2, 0) is 6.54 Å². The van der Waals surface area contributed by atoms with Gasteiger partial charge in [-0.15, -0.1) is 0 Å². The van der Waals surface area contributed by atoms with E-state index in [0.717, 1.165) is 49.7 Å². The first-order chi connectivity index (χ1) is 12.3. The van der Waals surface area contributed by atoms with E-state index in [0.29, 0.717) is 6.04 Å². The van der Waals surface area contributed by atoms with Gasteiger partial charge in [0, 0.05) is 44.9 Å². The Morgan fingerprint density at radius 3 is 2.84 bits per heavy atom. The lowest BCUT2D eigenvalue weighted by Crippen LogP contribution is -2.56. The van der Waals surface area contributed by atoms with Gasteiger partial charge < -0.3 is 5.11 Å². The molecular weight excluding hydrogens is 316 g/mol. The summed E-state index contributed by atoms with van der Waals surface area (Å²) in [5.74, 6) is 0. The number of aromatic nitrogens is 2. The molecule has 25 heavy (non-hydrogen) atoms. The molecule has 2 fully saturated rings. The number of aliphatic hydroxyl groups excluding tert-OH is 1. The molecule has 1 aliphatic carbocycles. The van der Waals surface area contributed by atoms with Crippen molar-refractivity contribution in [1.82, 2.24) is 20.1 Å². The zero-order valence-corrected chi connectivity index (χ0v) is 14.8. The minimum absolute atomic E-state index is 0.268. The maximum absolute atomic E-state index is 9.55. The van der Waals surface area contributed by atoms with Crippen LogP contribution in [0.15, 0.2) is 22.8 Å². The highest BCUT2D eigenvalue weighted by atomic mass is 16.6. The topological polar surface area (TPSA) is 65.6 Å². The number of fused-ring (bicyclic) bond motifs is 1. The summed E-state index contributed by atoms with van der Waals surface area (Å²) in [6.45, 7) is 4.32. The van der Waals surface area contributed by atoms with E-state index in [1.807, 2.05) is 12.1 Å². The first-order valence-corrected chi connectivity index (χ1v) is 9.64. The molecule has 6 nitrogen and oxygen atoms in total. The molecule has 2 aliphatic rings. The first kappa shape index (κ1) is 16.9. The van der Waals surface area contributed by atoms with Gasteiger partial charge in [-0.25, -0.2) is 4.63 Å². The van der Waals surface area contributed by atoms with Gasteiger partial charge in [0.15, 0.2) is 0 Å². The summed E-state index contributed by atoms with van der Waals surface area (Å²) in [6, 6.07) is 7.24. The summed E-state index contributed by atoms with van der Waals surface area (Å²) < 4.78 is 4.89. The van der Waals surface area contributed by atoms with Gasteiger partial charge in [-0.05, 0) is 41.2 Å². The molecule has 1 aliphatic heterocycles. The van der Waals surface area contributed by atoms with Crippen molar-refractivity contribution in [1.29, 1.82) is 0 Å². The van der Waals surface area contributed by atoms with E-state index < -0.39 is 0 Å². The van der Waals surface area contributed by atoms with E-state index in [-0.39, 0.29) is 6.61 Å². The third kappa shape index (κ3) is 3.71. The first-order valence-electron chi connectivity index (χ1n) is 9.64. The maximum Gasteiger partial charge on any atom is 0.139 e. The van der Waals surface area contributed by atoms with Gasteiger partial charge in [0.2, 0.25) is 0 Å². The van der Waals surface area contributed by atoms with Gasteiger partial charge in [0.1, 0.15) is 11.0 Å². The van der Waals surface area contributed by atoms with Gasteiger partial charge in [0.25, 0.3) is 0 Å². The van der Waals surface area contributed by atoms with Crippen LogP contribution in [0.1, 0.15) is 44.1 Å². The fourth-order valence-corrected chi connectivity index (χ4v) is 4.61. The highest BCUT2D eigenvalue weighted by Crippen LogP contribution is 2.28. The molecule has 4 rings (SSSR count). The molecule has 1 saturated carbocycles. The molecule has 2 heterocycles. The summed E-state index contributed by atoms with van der Waals surface area (Å²) in [5, 5.41) is 17.6. The van der Waals surface area contributed by atoms with Crippen LogP contribution in [-0.4, -0.2) is 63.5 Å². The van der Waals surface area contributed by atoms with Crippen LogP contribution in [0.2, 0.25) is 0 Å². The summed E-state index contributed by atoms with van der Waals surface area (Å²) in [5.41, 5.74) is 2.87. The van der Waals surface area contributed by atoms with E-state index in [9.17, 15) is 5.11 Å². The number of piperazine rings is 1. The predicted octanol–water partition coefficient (Wildman–Crippen LogP) is 2.42. The van der Waals surface area contributed by atoms with E-state index in [2.05, 4.69) is 26.2 Å². The second-order valence-corrected chi connectivity index (χ2v) is 7.48. The number of benzene rings is 1. The normalized spacial score (nSPS) is 24.1. The molecule has 1 aromatic heterocycles. The number of rotatable bonds is 5. The highest BCUT2D eigenvalue weighted by molar-refractivity contribution is 5.76. The van der Waals surface area contributed by atoms with Crippen LogP contribution in [0, 0.1) is 0 Å². The van der Waals surface area contributed by atoms with E-state index >= 15 is 0 Å². The van der Waals surface area contributed by atoms with Gasteiger partial charge in [-0.1, -0.05) is 31.4 Å². The van der Waals surface area contributed by atoms with Crippen LogP contribution >= 0.6 is 0 Å². The summed E-state index contributed by atoms with van der Waals surface area (Å²) >= 11 is 0. The molecule has 136 valence electrons. The number of hydrogen-bond acceptors (Lipinski definition) is 6. The van der Waals surface area contributed by atoms with Crippen molar-refractivity contribution in [2.75, 3.05) is 26.2 Å². The number of nitrogens with zero attached hydrogens (tertiary/aromatic N) is 4. The van der Waals surface area contributed by atoms with Gasteiger partial charge in [-0.3, -0.25) is 9.80 Å². The average molecular weight is 344 g/mol. The molecule has 1 aromatic carbocycles. The predicted molar refractivity (Wildman–Crippen MR) is 96.2 cm³/mol. The minimum atomic E-state index is 0.268. The third-order valence-corrected chi connectivity index (χ3v) is 5.88. The fraction of sp³-hybridized carbons (Fsp3) is 0.684. The van der Waals surface area contributed by atoms with Gasteiger partial charge in [-0.2, -0.15) is 0 Å². The molecule has 1 saturated heterocycles. The van der Waals surface area contributed by atoms with Gasteiger partial charge >= 0.3 is 0 Å². The van der Waals surface area contributed by atoms with Crippen molar-refractivity contribution in [2.45, 2.75) is 57.2 Å². The monoisotopic (exact) mass is 344 g/mol. The molecule has 2 aromatic rings. The molecule has 1 N–H and O–H groups in total. The lowest BCUT2D eigenvalue weighted by atomic mass is 9.91. The molecule has 0 unspecified atom stereocenters. The molecular formula is C19H28N4O2. The quantitative estimate of drug-likeness (QED) is 0.899. The Morgan fingerprint density at radius 2 is 2.00 bits per heavy atom. The Hall–Kier alpha value is -1.50. The van der Waals surface area contributed by atoms with Crippen LogP contribution in [0.5, 0.6) is 0 Å². The lowest BCUT2D eigenvalue weighted by molar-refractivity contribution is 0.0138. The highest BCUT2D eigenvalue weighted by Gasteiger charge is 2.32. The van der Waals surface area contributed by atoms with Crippen molar-refractivity contribution < 1.29 is 9.74 Å². The molecule has 0 bridgehead atoms. The Morgan fingerprint density at radius 1 is 1.12 bits per heavy atom. The van der Waals surface area contributed by atoms with E-state index in [1.165, 1.54) is 37.7 Å². The van der Waals surface area contributed by atoms with E-state index in [4.69, 9.17) is 4.63 Å². The lowest BCUT2D eigenvalue weighted by Gasteiger charge is -2.46. The van der Waals surface area contributed by atoms with Crippen molar-refractivity contribution in [3.63, 3.8) is 0 Å². The standard InChI is InChI=1S/C19H28N4O2/c24-12-9-17-14-22(10-11-23(17)16-6-2-1-3-7-16)13-15-5-4-8-18-19(15)21-25-20-18/h4-5,8,16-17,24H,1-3,6-7,9-14H2/t17-/m0/s1. The molecule has 1 atom stereocenters. The second kappa shape index (κ2) is 7.81. The maximum atomic E-state index is 9.55. The Balaban J connectivity index is 1.45. The van der Waals surface area contributed by atoms with Crippen LogP contribution < -0.4 is 0 Å². The van der Waals surface area contributed by atoms with Crippen LogP contribution in [0.4, 0.5) is 0 Å². The van der Waals surface area contributed by atoms with E-state index in [1.54, 1.807) is 0 Å². The summed E-state index contributed by atoms with van der Waals surface area (Å²) in [4.78, 5) is 5.17. The SMILES string of the molecule is OCC[C@H]1CN(Cc2cccc3nonc23)CCN1C1CCCCC1. The zero-order chi connectivity index (χ0) is 17.1. The molecule has 0 radical (unpaired) electrons. The summed E-state index contributed by atoms with van der Waals surface area (Å²) in [6.07, 6.45) is 7.62. The Labute approximate surface area is 148 Å². The van der Waals surface area contributed by atoms with Crippen molar-refractivity contribution in [3.8, 4) is 0 Å². The number of aliphatic hydroxyl groups is 1. The Bertz CT molecular complexity index is 683. The van der Waals surface area contributed by atoms with Crippen molar-refractivity contribution in [2.24, 2.45) is 0 Å². The fourth-order valence-electron chi connectivity index (χ4n) is 4.61. The molecule has 6 heteroatoms. The largest absolute Gasteiger partial charge is 0.396 e. The van der Waals surface area contributed by atoms with Crippen molar-refractivity contribution in [3.05, 3.63) is 23.8 Å². The average Bonchev–Trinajstić information content (AvgIpc) is 3.13. The molecule has 0 amide bonds. The second-order valence-electron chi connectivity index (χ2n) is 7.48. The number of hydrogen-bond donors (Lipinski definition) is 1. The summed E-state index contributed by atoms with van der Waals surface area (Å²) in [7, 11) is 0. The minimum Gasteiger partial charge on any atom is -0.396 e. The zero-order valence-electron chi connectivity index (χ0n) is 14.8. The third-order valence-electron chi connectivity index (χ3n) is 5.88. The van der Waals surface area contributed by atoms with Crippen LogP contribution in [0.3, 0.4) is 0 Å². The molecule has 0 spiro atoms.